The standard InChI is InChI=1S/C7H9N.C5H12/c1-6-2-4-7(8)5-3-6;1-3-5-4-2/h2-5H,8H2,1H3;3-5H2,1-2H3. The predicted molar refractivity (Wildman–Crippen MR) is 60.8 cm³/mol. The molecule has 1 aromatic carbocycles. The molecule has 0 bridgehead atoms. The van der Waals surface area contributed by atoms with Crippen molar-refractivity contribution in [2.24, 2.45) is 0 Å². The van der Waals surface area contributed by atoms with Gasteiger partial charge in [0.2, 0.25) is 0 Å². The van der Waals surface area contributed by atoms with Gasteiger partial charge in [-0.2, -0.15) is 0 Å². The van der Waals surface area contributed by atoms with E-state index < -0.39 is 0 Å². The summed E-state index contributed by atoms with van der Waals surface area (Å²) in [5.74, 6) is 0. The van der Waals surface area contributed by atoms with E-state index in [2.05, 4.69) is 13.8 Å². The van der Waals surface area contributed by atoms with Gasteiger partial charge in [0.05, 0.1) is 0 Å². The second kappa shape index (κ2) is 7.66. The fourth-order valence-corrected chi connectivity index (χ4v) is 0.920. The van der Waals surface area contributed by atoms with Crippen molar-refractivity contribution in [1.29, 1.82) is 0 Å². The third-order valence-corrected chi connectivity index (χ3v) is 1.78. The highest BCUT2D eigenvalue weighted by Crippen LogP contribution is 2.02. The summed E-state index contributed by atoms with van der Waals surface area (Å²) in [6.45, 7) is 6.46. The first-order chi connectivity index (χ1) is 6.20. The Kier molecular flexibility index (Phi) is 7.08. The van der Waals surface area contributed by atoms with E-state index in [0.29, 0.717) is 0 Å². The molecule has 0 aliphatic heterocycles. The van der Waals surface area contributed by atoms with Crippen LogP contribution in [0.2, 0.25) is 0 Å². The Hall–Kier alpha value is -0.980. The highest BCUT2D eigenvalue weighted by molar-refractivity contribution is 5.38. The Morgan fingerprint density at radius 2 is 1.46 bits per heavy atom. The number of hydrogen-bond donors (Lipinski definition) is 1. The first kappa shape index (κ1) is 12.0. The molecule has 1 rings (SSSR count). The maximum Gasteiger partial charge on any atom is 0.0314 e. The Labute approximate surface area is 82.0 Å². The molecule has 0 amide bonds. The number of rotatable bonds is 2. The molecule has 0 spiro atoms. The van der Waals surface area contributed by atoms with Gasteiger partial charge in [0.15, 0.2) is 0 Å². The average Bonchev–Trinajstić information content (AvgIpc) is 2.13. The quantitative estimate of drug-likeness (QED) is 0.687. The lowest BCUT2D eigenvalue weighted by Gasteiger charge is -1.90. The topological polar surface area (TPSA) is 26.0 Å². The molecule has 1 nitrogen and oxygen atoms in total. The molecule has 0 aliphatic rings. The summed E-state index contributed by atoms with van der Waals surface area (Å²) in [7, 11) is 0. The average molecular weight is 179 g/mol. The molecule has 0 unspecified atom stereocenters. The van der Waals surface area contributed by atoms with Crippen LogP contribution in [0.1, 0.15) is 38.7 Å². The second-order valence-corrected chi connectivity index (χ2v) is 3.26. The van der Waals surface area contributed by atoms with Crippen molar-refractivity contribution < 1.29 is 0 Å². The molecule has 0 saturated heterocycles. The number of nitrogen functional groups attached to an aromatic ring is 1. The highest BCUT2D eigenvalue weighted by Gasteiger charge is 1.80. The van der Waals surface area contributed by atoms with Crippen molar-refractivity contribution in [2.45, 2.75) is 40.0 Å². The normalized spacial score (nSPS) is 8.85. The van der Waals surface area contributed by atoms with E-state index in [1.54, 1.807) is 0 Å². The molecule has 1 heteroatoms. The van der Waals surface area contributed by atoms with Gasteiger partial charge in [0.1, 0.15) is 0 Å². The third kappa shape index (κ3) is 7.38. The molecule has 0 heterocycles. The van der Waals surface area contributed by atoms with Gasteiger partial charge >= 0.3 is 0 Å². The number of unbranched alkanes of at least 4 members (excludes halogenated alkanes) is 2. The Morgan fingerprint density at radius 1 is 1.00 bits per heavy atom. The van der Waals surface area contributed by atoms with Crippen LogP contribution >= 0.6 is 0 Å². The van der Waals surface area contributed by atoms with Gasteiger partial charge < -0.3 is 5.73 Å². The van der Waals surface area contributed by atoms with Gasteiger partial charge in [-0.3, -0.25) is 0 Å². The van der Waals surface area contributed by atoms with Crippen LogP contribution in [0.15, 0.2) is 24.3 Å². The Bertz CT molecular complexity index is 178. The Morgan fingerprint density at radius 3 is 1.69 bits per heavy atom. The van der Waals surface area contributed by atoms with E-state index in [9.17, 15) is 0 Å². The summed E-state index contributed by atoms with van der Waals surface area (Å²) in [5.41, 5.74) is 7.51. The van der Waals surface area contributed by atoms with Gasteiger partial charge in [-0.05, 0) is 19.1 Å². The largest absolute Gasteiger partial charge is 0.399 e. The SMILES string of the molecule is CCCCC.Cc1ccc(N)cc1. The van der Waals surface area contributed by atoms with Gasteiger partial charge in [0, 0.05) is 5.69 Å². The van der Waals surface area contributed by atoms with Gasteiger partial charge in [0.25, 0.3) is 0 Å². The van der Waals surface area contributed by atoms with Crippen LogP contribution in [0.4, 0.5) is 5.69 Å². The molecule has 1 aromatic rings. The summed E-state index contributed by atoms with van der Waals surface area (Å²) in [6, 6.07) is 7.79. The lowest BCUT2D eigenvalue weighted by molar-refractivity contribution is 0.772. The molecule has 74 valence electrons. The van der Waals surface area contributed by atoms with Crippen molar-refractivity contribution in [3.05, 3.63) is 29.8 Å². The molecule has 2 N–H and O–H groups in total. The number of benzene rings is 1. The predicted octanol–water partition coefficient (Wildman–Crippen LogP) is 3.77. The van der Waals surface area contributed by atoms with Gasteiger partial charge in [-0.15, -0.1) is 0 Å². The molecule has 0 radical (unpaired) electrons. The van der Waals surface area contributed by atoms with E-state index >= 15 is 0 Å². The summed E-state index contributed by atoms with van der Waals surface area (Å²) < 4.78 is 0. The minimum absolute atomic E-state index is 0.829. The van der Waals surface area contributed by atoms with Gasteiger partial charge in [-0.1, -0.05) is 50.8 Å². The molecular formula is C12H21N. The Balaban J connectivity index is 0.000000252. The second-order valence-electron chi connectivity index (χ2n) is 3.26. The maximum atomic E-state index is 5.43. The summed E-state index contributed by atoms with van der Waals surface area (Å²) in [4.78, 5) is 0. The molecule has 0 aromatic heterocycles. The van der Waals surface area contributed by atoms with Crippen molar-refractivity contribution >= 4 is 5.69 Å². The lowest BCUT2D eigenvalue weighted by atomic mass is 10.2. The third-order valence-electron chi connectivity index (χ3n) is 1.78. The maximum absolute atomic E-state index is 5.43. The summed E-state index contributed by atoms with van der Waals surface area (Å²) >= 11 is 0. The van der Waals surface area contributed by atoms with Crippen LogP contribution in [-0.2, 0) is 0 Å². The van der Waals surface area contributed by atoms with E-state index in [-0.39, 0.29) is 0 Å². The molecule has 0 saturated carbocycles. The zero-order valence-corrected chi connectivity index (χ0v) is 9.01. The van der Waals surface area contributed by atoms with Crippen LogP contribution in [0.5, 0.6) is 0 Å². The minimum atomic E-state index is 0.829. The molecule has 0 atom stereocenters. The van der Waals surface area contributed by atoms with E-state index in [1.165, 1.54) is 24.8 Å². The van der Waals surface area contributed by atoms with Crippen molar-refractivity contribution in [2.75, 3.05) is 5.73 Å². The monoisotopic (exact) mass is 179 g/mol. The van der Waals surface area contributed by atoms with E-state index in [0.717, 1.165) is 5.69 Å². The molecule has 13 heavy (non-hydrogen) atoms. The van der Waals surface area contributed by atoms with Crippen LogP contribution in [0.25, 0.3) is 0 Å². The van der Waals surface area contributed by atoms with E-state index in [1.807, 2.05) is 31.2 Å². The number of aryl methyl sites for hydroxylation is 1. The van der Waals surface area contributed by atoms with E-state index in [4.69, 9.17) is 5.73 Å². The number of anilines is 1. The lowest BCUT2D eigenvalue weighted by Crippen LogP contribution is -1.81. The fourth-order valence-electron chi connectivity index (χ4n) is 0.920. The molecule has 0 aliphatic carbocycles. The van der Waals surface area contributed by atoms with Crippen LogP contribution in [0.3, 0.4) is 0 Å². The summed E-state index contributed by atoms with van der Waals surface area (Å²) in [6.07, 6.45) is 4.08. The minimum Gasteiger partial charge on any atom is -0.399 e. The van der Waals surface area contributed by atoms with Crippen LogP contribution in [-0.4, -0.2) is 0 Å². The van der Waals surface area contributed by atoms with Crippen molar-refractivity contribution in [1.82, 2.24) is 0 Å². The highest BCUT2D eigenvalue weighted by atomic mass is 14.5. The van der Waals surface area contributed by atoms with Crippen LogP contribution in [0, 0.1) is 6.92 Å². The zero-order chi connectivity index (χ0) is 10.1. The number of hydrogen-bond acceptors (Lipinski definition) is 1. The smallest absolute Gasteiger partial charge is 0.0314 e. The summed E-state index contributed by atoms with van der Waals surface area (Å²) in [5, 5.41) is 0. The van der Waals surface area contributed by atoms with Crippen molar-refractivity contribution in [3.8, 4) is 0 Å². The fraction of sp³-hybridized carbons (Fsp3) is 0.500. The van der Waals surface area contributed by atoms with Crippen LogP contribution < -0.4 is 5.73 Å². The van der Waals surface area contributed by atoms with Gasteiger partial charge in [-0.25, -0.2) is 0 Å². The first-order valence-electron chi connectivity index (χ1n) is 5.02. The molecule has 0 fully saturated rings. The van der Waals surface area contributed by atoms with Crippen molar-refractivity contribution in [3.63, 3.8) is 0 Å². The molecular weight excluding hydrogens is 158 g/mol. The zero-order valence-electron chi connectivity index (χ0n) is 9.01. The number of nitrogens with two attached hydrogens (primary N) is 1. The first-order valence-corrected chi connectivity index (χ1v) is 5.02.